The van der Waals surface area contributed by atoms with Crippen molar-refractivity contribution in [3.63, 3.8) is 0 Å². The van der Waals surface area contributed by atoms with Gasteiger partial charge in [-0.2, -0.15) is 0 Å². The molecule has 1 unspecified atom stereocenters. The molecule has 18 heavy (non-hydrogen) atoms. The fourth-order valence-corrected chi connectivity index (χ4v) is 3.03. The van der Waals surface area contributed by atoms with Gasteiger partial charge in [0.15, 0.2) is 0 Å². The van der Waals surface area contributed by atoms with Crippen LogP contribution < -0.4 is 5.32 Å². The van der Waals surface area contributed by atoms with Crippen molar-refractivity contribution in [3.05, 3.63) is 34.3 Å². The average molecular weight is 311 g/mol. The molecule has 1 aromatic carbocycles. The molecule has 0 radical (unpaired) electrons. The van der Waals surface area contributed by atoms with E-state index in [0.29, 0.717) is 6.04 Å². The van der Waals surface area contributed by atoms with Crippen LogP contribution in [0.2, 0.25) is 0 Å². The van der Waals surface area contributed by atoms with Gasteiger partial charge in [0.25, 0.3) is 0 Å². The zero-order valence-corrected chi connectivity index (χ0v) is 12.7. The Morgan fingerprint density at radius 3 is 3.00 bits per heavy atom. The van der Waals surface area contributed by atoms with Gasteiger partial charge in [0.2, 0.25) is 0 Å². The lowest BCUT2D eigenvalue weighted by molar-refractivity contribution is 0.297. The second-order valence-electron chi connectivity index (χ2n) is 5.07. The quantitative estimate of drug-likeness (QED) is 0.917. The third-order valence-electron chi connectivity index (χ3n) is 3.75. The standard InChI is InChI=1S/C15H23BrN2/c1-2-18-9-4-7-15(8-10-18)17-12-13-5-3-6-14(16)11-13/h3,5-6,11,15,17H,2,4,7-10,12H2,1H3. The first-order valence-corrected chi connectivity index (χ1v) is 7.77. The molecule has 0 amide bonds. The van der Waals surface area contributed by atoms with Crippen molar-refractivity contribution in [2.75, 3.05) is 19.6 Å². The third-order valence-corrected chi connectivity index (χ3v) is 4.25. The van der Waals surface area contributed by atoms with Crippen LogP contribution in [0.4, 0.5) is 0 Å². The highest BCUT2D eigenvalue weighted by Crippen LogP contribution is 2.14. The Labute approximate surface area is 119 Å². The van der Waals surface area contributed by atoms with Crippen LogP contribution in [-0.4, -0.2) is 30.6 Å². The Hall–Kier alpha value is -0.380. The summed E-state index contributed by atoms with van der Waals surface area (Å²) in [7, 11) is 0. The number of halogens is 1. The average Bonchev–Trinajstić information content (AvgIpc) is 2.61. The Morgan fingerprint density at radius 1 is 1.33 bits per heavy atom. The van der Waals surface area contributed by atoms with Gasteiger partial charge in [0.05, 0.1) is 0 Å². The normalized spacial score (nSPS) is 21.8. The summed E-state index contributed by atoms with van der Waals surface area (Å²) in [5.74, 6) is 0. The topological polar surface area (TPSA) is 15.3 Å². The largest absolute Gasteiger partial charge is 0.310 e. The lowest BCUT2D eigenvalue weighted by atomic mass is 10.1. The second kappa shape index (κ2) is 7.27. The van der Waals surface area contributed by atoms with Gasteiger partial charge in [-0.15, -0.1) is 0 Å². The van der Waals surface area contributed by atoms with Crippen LogP contribution in [0.5, 0.6) is 0 Å². The molecule has 1 aliphatic rings. The summed E-state index contributed by atoms with van der Waals surface area (Å²) in [6, 6.07) is 9.25. The minimum Gasteiger partial charge on any atom is -0.310 e. The van der Waals surface area contributed by atoms with E-state index in [2.05, 4.69) is 57.3 Å². The molecule has 0 aliphatic carbocycles. The van der Waals surface area contributed by atoms with E-state index < -0.39 is 0 Å². The van der Waals surface area contributed by atoms with Crippen LogP contribution in [0.15, 0.2) is 28.7 Å². The molecule has 0 aromatic heterocycles. The molecule has 1 heterocycles. The van der Waals surface area contributed by atoms with Crippen molar-refractivity contribution >= 4 is 15.9 Å². The number of likely N-dealkylation sites (tertiary alicyclic amines) is 1. The van der Waals surface area contributed by atoms with E-state index in [-0.39, 0.29) is 0 Å². The van der Waals surface area contributed by atoms with Gasteiger partial charge in [-0.3, -0.25) is 0 Å². The Morgan fingerprint density at radius 2 is 2.22 bits per heavy atom. The molecule has 1 aromatic rings. The van der Waals surface area contributed by atoms with Crippen LogP contribution in [0.3, 0.4) is 0 Å². The summed E-state index contributed by atoms with van der Waals surface area (Å²) >= 11 is 3.52. The lowest BCUT2D eigenvalue weighted by Crippen LogP contribution is -2.30. The van der Waals surface area contributed by atoms with E-state index in [1.807, 2.05) is 0 Å². The molecule has 1 atom stereocenters. The van der Waals surface area contributed by atoms with Crippen LogP contribution in [0.1, 0.15) is 31.7 Å². The van der Waals surface area contributed by atoms with Gasteiger partial charge in [-0.25, -0.2) is 0 Å². The number of hydrogen-bond acceptors (Lipinski definition) is 2. The van der Waals surface area contributed by atoms with Crippen LogP contribution >= 0.6 is 15.9 Å². The predicted octanol–water partition coefficient (Wildman–Crippen LogP) is 3.41. The number of hydrogen-bond donors (Lipinski definition) is 1. The molecular formula is C15H23BrN2. The van der Waals surface area contributed by atoms with Gasteiger partial charge in [0.1, 0.15) is 0 Å². The fraction of sp³-hybridized carbons (Fsp3) is 0.600. The molecule has 1 fully saturated rings. The number of benzene rings is 1. The van der Waals surface area contributed by atoms with E-state index in [1.165, 1.54) is 48.9 Å². The van der Waals surface area contributed by atoms with Crippen LogP contribution in [-0.2, 0) is 6.54 Å². The molecule has 0 bridgehead atoms. The maximum Gasteiger partial charge on any atom is 0.0208 e. The van der Waals surface area contributed by atoms with Crippen LogP contribution in [0, 0.1) is 0 Å². The summed E-state index contributed by atoms with van der Waals surface area (Å²) in [6.07, 6.45) is 3.91. The van der Waals surface area contributed by atoms with E-state index >= 15 is 0 Å². The highest BCUT2D eigenvalue weighted by Gasteiger charge is 2.15. The molecule has 2 nitrogen and oxygen atoms in total. The van der Waals surface area contributed by atoms with Gasteiger partial charge in [-0.1, -0.05) is 35.0 Å². The molecule has 1 N–H and O–H groups in total. The Bertz CT molecular complexity index is 367. The maximum absolute atomic E-state index is 3.70. The van der Waals surface area contributed by atoms with E-state index in [0.717, 1.165) is 6.54 Å². The molecular weight excluding hydrogens is 288 g/mol. The SMILES string of the molecule is CCN1CCCC(NCc2cccc(Br)c2)CC1. The monoisotopic (exact) mass is 310 g/mol. The summed E-state index contributed by atoms with van der Waals surface area (Å²) in [4.78, 5) is 2.56. The fourth-order valence-electron chi connectivity index (χ4n) is 2.59. The van der Waals surface area contributed by atoms with E-state index in [9.17, 15) is 0 Å². The number of nitrogens with zero attached hydrogens (tertiary/aromatic N) is 1. The smallest absolute Gasteiger partial charge is 0.0208 e. The predicted molar refractivity (Wildman–Crippen MR) is 80.7 cm³/mol. The highest BCUT2D eigenvalue weighted by molar-refractivity contribution is 9.10. The van der Waals surface area contributed by atoms with Gasteiger partial charge >= 0.3 is 0 Å². The first-order chi connectivity index (χ1) is 8.78. The van der Waals surface area contributed by atoms with Gasteiger partial charge < -0.3 is 10.2 Å². The Balaban J connectivity index is 1.79. The molecule has 1 aliphatic heterocycles. The minimum atomic E-state index is 0.681. The van der Waals surface area contributed by atoms with Crippen LogP contribution in [0.25, 0.3) is 0 Å². The zero-order valence-electron chi connectivity index (χ0n) is 11.2. The van der Waals surface area contributed by atoms with Crippen molar-refractivity contribution in [1.29, 1.82) is 0 Å². The third kappa shape index (κ3) is 4.38. The van der Waals surface area contributed by atoms with Crippen molar-refractivity contribution in [1.82, 2.24) is 10.2 Å². The number of nitrogens with one attached hydrogen (secondary N) is 1. The zero-order chi connectivity index (χ0) is 12.8. The number of rotatable bonds is 4. The Kier molecular flexibility index (Phi) is 5.67. The highest BCUT2D eigenvalue weighted by atomic mass is 79.9. The van der Waals surface area contributed by atoms with E-state index in [1.54, 1.807) is 0 Å². The molecule has 0 saturated carbocycles. The van der Waals surface area contributed by atoms with Crippen molar-refractivity contribution in [3.8, 4) is 0 Å². The summed E-state index contributed by atoms with van der Waals surface area (Å²) < 4.78 is 1.17. The first-order valence-electron chi connectivity index (χ1n) is 6.98. The van der Waals surface area contributed by atoms with E-state index in [4.69, 9.17) is 0 Å². The molecule has 1 saturated heterocycles. The molecule has 100 valence electrons. The minimum absolute atomic E-state index is 0.681. The summed E-state index contributed by atoms with van der Waals surface area (Å²) in [5, 5.41) is 3.70. The lowest BCUT2D eigenvalue weighted by Gasteiger charge is -2.18. The maximum atomic E-state index is 3.70. The summed E-state index contributed by atoms with van der Waals surface area (Å²) in [5.41, 5.74) is 1.36. The van der Waals surface area contributed by atoms with Gasteiger partial charge in [-0.05, 0) is 56.6 Å². The van der Waals surface area contributed by atoms with Crippen molar-refractivity contribution < 1.29 is 0 Å². The first kappa shape index (κ1) is 14.0. The molecule has 3 heteroatoms. The van der Waals surface area contributed by atoms with Gasteiger partial charge in [0, 0.05) is 17.1 Å². The van der Waals surface area contributed by atoms with Crippen molar-refractivity contribution in [2.24, 2.45) is 0 Å². The second-order valence-corrected chi connectivity index (χ2v) is 5.99. The molecule has 2 rings (SSSR count). The summed E-state index contributed by atoms with van der Waals surface area (Å²) in [6.45, 7) is 6.95. The van der Waals surface area contributed by atoms with Crippen molar-refractivity contribution in [2.45, 2.75) is 38.8 Å². The molecule has 0 spiro atoms.